The summed E-state index contributed by atoms with van der Waals surface area (Å²) in [6.45, 7) is 17.7. The zero-order chi connectivity index (χ0) is 38.3. The van der Waals surface area contributed by atoms with Gasteiger partial charge in [-0.05, 0) is 73.0 Å². The zero-order valence-corrected chi connectivity index (χ0v) is 32.3. The van der Waals surface area contributed by atoms with Crippen LogP contribution in [-0.2, 0) is 10.2 Å². The minimum Gasteiger partial charge on any atom is -0.492 e. The lowest BCUT2D eigenvalue weighted by atomic mass is 9.86. The number of nitrogens with zero attached hydrogens (tertiary/aromatic N) is 5. The van der Waals surface area contributed by atoms with Crippen LogP contribution >= 0.6 is 11.9 Å². The number of allylic oxidation sites excluding steroid dienone is 2. The highest BCUT2D eigenvalue weighted by atomic mass is 32.2. The van der Waals surface area contributed by atoms with E-state index in [0.29, 0.717) is 46.7 Å². The highest BCUT2D eigenvalue weighted by molar-refractivity contribution is 7.99. The number of hydrogen-bond acceptors (Lipinski definition) is 12. The Labute approximate surface area is 307 Å². The van der Waals surface area contributed by atoms with Crippen LogP contribution in [0.2, 0.25) is 0 Å². The Bertz CT molecular complexity index is 1670. The highest BCUT2D eigenvalue weighted by Gasteiger charge is 2.26. The number of nitrogens with two attached hydrogens (primary N) is 4. The van der Waals surface area contributed by atoms with Crippen LogP contribution < -0.4 is 47.2 Å². The topological polar surface area (TPSA) is 186 Å². The van der Waals surface area contributed by atoms with Gasteiger partial charge in [0.05, 0.1) is 25.4 Å². The minimum absolute atomic E-state index is 0.118. The van der Waals surface area contributed by atoms with Crippen LogP contribution in [0.3, 0.4) is 0 Å². The second kappa shape index (κ2) is 20.5. The molecule has 0 saturated carbocycles. The van der Waals surface area contributed by atoms with Gasteiger partial charge < -0.3 is 25.1 Å². The average Bonchev–Trinajstić information content (AvgIpc) is 3.67. The van der Waals surface area contributed by atoms with Crippen LogP contribution in [0.25, 0.3) is 10.8 Å². The molecule has 51 heavy (non-hydrogen) atoms. The van der Waals surface area contributed by atoms with Gasteiger partial charge >= 0.3 is 0 Å². The Balaban J connectivity index is 0.00000217. The van der Waals surface area contributed by atoms with Crippen molar-refractivity contribution in [3.05, 3.63) is 78.3 Å². The van der Waals surface area contributed by atoms with Crippen molar-refractivity contribution < 1.29 is 19.3 Å². The van der Waals surface area contributed by atoms with Crippen LogP contribution in [0.1, 0.15) is 59.9 Å². The summed E-state index contributed by atoms with van der Waals surface area (Å²) < 4.78 is 19.1. The summed E-state index contributed by atoms with van der Waals surface area (Å²) >= 11 is 1.35. The van der Waals surface area contributed by atoms with Gasteiger partial charge in [0.2, 0.25) is 5.96 Å². The number of benzene rings is 3. The lowest BCUT2D eigenvalue weighted by molar-refractivity contribution is 0.118. The van der Waals surface area contributed by atoms with E-state index >= 15 is 0 Å². The van der Waals surface area contributed by atoms with Crippen LogP contribution in [0.4, 0.5) is 17.1 Å². The summed E-state index contributed by atoms with van der Waals surface area (Å²) in [5.41, 5.74) is 8.64. The molecule has 0 aliphatic carbocycles. The van der Waals surface area contributed by atoms with E-state index in [2.05, 4.69) is 37.3 Å². The Hall–Kier alpha value is -4.31. The minimum atomic E-state index is -0.200. The molecule has 0 radical (unpaired) electrons. The second-order valence-corrected chi connectivity index (χ2v) is 12.8. The number of hydrazine groups is 3. The molecule has 0 amide bonds. The number of guanidine groups is 1. The van der Waals surface area contributed by atoms with Gasteiger partial charge in [-0.2, -0.15) is 0 Å². The molecule has 0 spiro atoms. The van der Waals surface area contributed by atoms with Crippen LogP contribution in [0.5, 0.6) is 11.5 Å². The van der Waals surface area contributed by atoms with Crippen LogP contribution in [0, 0.1) is 0 Å². The quantitative estimate of drug-likeness (QED) is 0.0361. The first-order valence-corrected chi connectivity index (χ1v) is 17.9. The molecule has 1 unspecified atom stereocenters. The summed E-state index contributed by atoms with van der Waals surface area (Å²) in [7, 11) is 2.58. The molecule has 1 saturated heterocycles. The molecule has 3 aromatic carbocycles. The van der Waals surface area contributed by atoms with E-state index in [1.54, 1.807) is 19.4 Å². The fraction of sp³-hybridized carbons (Fsp3) is 0.405. The van der Waals surface area contributed by atoms with Gasteiger partial charge in [0.1, 0.15) is 28.7 Å². The third kappa shape index (κ3) is 11.3. The van der Waals surface area contributed by atoms with E-state index in [-0.39, 0.29) is 17.5 Å². The van der Waals surface area contributed by atoms with Crippen molar-refractivity contribution in [1.29, 1.82) is 0 Å². The monoisotopic (exact) mass is 723 g/mol. The Kier molecular flexibility index (Phi) is 17.2. The lowest BCUT2D eigenvalue weighted by Gasteiger charge is -2.33. The first-order chi connectivity index (χ1) is 24.3. The predicted molar refractivity (Wildman–Crippen MR) is 216 cm³/mol. The van der Waals surface area contributed by atoms with Crippen LogP contribution in [0.15, 0.2) is 82.8 Å². The third-order valence-corrected chi connectivity index (χ3v) is 8.35. The number of rotatable bonds is 12. The van der Waals surface area contributed by atoms with Crippen molar-refractivity contribution in [2.45, 2.75) is 65.9 Å². The SMILES string of the molecule is C=C(N(N)c1cc(C(C)(C)C)cc(N(N)SC)c1OC)N(N)c1ccc(O/C(C)=C/C=N\C(N)=NCC2CCCO2)c2ccccc12.CC.CO. The molecule has 0 aromatic heterocycles. The van der Waals surface area contributed by atoms with Crippen molar-refractivity contribution in [1.82, 2.24) is 0 Å². The zero-order valence-electron chi connectivity index (χ0n) is 31.5. The molecule has 0 bridgehead atoms. The maximum absolute atomic E-state index is 7.00. The first-order valence-electron chi connectivity index (χ1n) is 16.7. The fourth-order valence-corrected chi connectivity index (χ4v) is 5.41. The first kappa shape index (κ1) is 42.9. The number of methoxy groups -OCH3 is 1. The number of aliphatic imine (C=N–C) groups is 2. The number of aliphatic hydroxyl groups excluding tert-OH is 1. The standard InChI is InChI=1S/C34H47N9O3S.C2H6.CH4O/c1-22(16-17-39-33(35)40-21-25-11-10-18-45-25)46-31-15-14-28(26-12-8-9-13-27(26)31)41(36)23(2)42(37)29-19-24(34(3,4)5)20-30(32(29)44-6)43(38)47-7;2*1-2/h8-9,12-17,19-20,25H,2,10-11,18,21,36-38H2,1,3-7H3,(H2,35,40);1-2H3;2H,1H3/b22-16+,39-17-;;. The smallest absolute Gasteiger partial charge is 0.215 e. The summed E-state index contributed by atoms with van der Waals surface area (Å²) in [4.78, 5) is 8.49. The van der Waals surface area contributed by atoms with Gasteiger partial charge in [-0.15, -0.1) is 0 Å². The summed E-state index contributed by atoms with van der Waals surface area (Å²) in [5, 5.41) is 11.5. The molecule has 14 heteroatoms. The van der Waals surface area contributed by atoms with Gasteiger partial charge in [-0.1, -0.05) is 65.5 Å². The number of aliphatic hydroxyl groups is 1. The molecule has 280 valence electrons. The molecule has 4 rings (SSSR count). The molecular formula is C37H57N9O4S. The van der Waals surface area contributed by atoms with E-state index in [4.69, 9.17) is 42.6 Å². The average molecular weight is 724 g/mol. The maximum Gasteiger partial charge on any atom is 0.215 e. The predicted octanol–water partition coefficient (Wildman–Crippen LogP) is 6.12. The van der Waals surface area contributed by atoms with Crippen LogP contribution in [-0.4, -0.2) is 57.0 Å². The van der Waals surface area contributed by atoms with Crippen molar-refractivity contribution >= 4 is 52.0 Å². The number of hydrogen-bond donors (Lipinski definition) is 5. The summed E-state index contributed by atoms with van der Waals surface area (Å²) in [6.07, 6.45) is 7.34. The molecule has 13 nitrogen and oxygen atoms in total. The van der Waals surface area contributed by atoms with E-state index < -0.39 is 0 Å². The van der Waals surface area contributed by atoms with Gasteiger partial charge in [-0.3, -0.25) is 10.0 Å². The van der Waals surface area contributed by atoms with E-state index in [1.807, 2.05) is 75.6 Å². The number of ether oxygens (including phenoxy) is 3. The maximum atomic E-state index is 7.00. The van der Waals surface area contributed by atoms with Crippen molar-refractivity contribution in [3.8, 4) is 11.5 Å². The molecule has 9 N–H and O–H groups in total. The lowest BCUT2D eigenvalue weighted by Crippen LogP contribution is -2.43. The molecule has 1 aliphatic rings. The molecule has 1 atom stereocenters. The van der Waals surface area contributed by atoms with E-state index in [1.165, 1.54) is 26.4 Å². The second-order valence-electron chi connectivity index (χ2n) is 12.1. The van der Waals surface area contributed by atoms with E-state index in [9.17, 15) is 0 Å². The van der Waals surface area contributed by atoms with Gasteiger partial charge in [-0.25, -0.2) is 31.9 Å². The summed E-state index contributed by atoms with van der Waals surface area (Å²) in [5.74, 6) is 22.0. The van der Waals surface area contributed by atoms with Crippen molar-refractivity contribution in [2.75, 3.05) is 48.1 Å². The van der Waals surface area contributed by atoms with Crippen molar-refractivity contribution in [2.24, 2.45) is 33.2 Å². The molecule has 1 aliphatic heterocycles. The molecule has 3 aromatic rings. The fourth-order valence-electron chi connectivity index (χ4n) is 5.08. The Morgan fingerprint density at radius 2 is 1.67 bits per heavy atom. The highest BCUT2D eigenvalue weighted by Crippen LogP contribution is 2.43. The van der Waals surface area contributed by atoms with Gasteiger partial charge in [0, 0.05) is 37.0 Å². The van der Waals surface area contributed by atoms with Gasteiger partial charge in [0.15, 0.2) is 5.75 Å². The molecular weight excluding hydrogens is 667 g/mol. The van der Waals surface area contributed by atoms with E-state index in [0.717, 1.165) is 42.9 Å². The molecule has 1 heterocycles. The normalized spacial score (nSPS) is 14.7. The molecule has 1 fully saturated rings. The third-order valence-electron chi connectivity index (χ3n) is 7.76. The number of fused-ring (bicyclic) bond motifs is 1. The van der Waals surface area contributed by atoms with Gasteiger partial charge in [0.25, 0.3) is 0 Å². The van der Waals surface area contributed by atoms with Crippen molar-refractivity contribution in [3.63, 3.8) is 0 Å². The largest absolute Gasteiger partial charge is 0.492 e. The summed E-state index contributed by atoms with van der Waals surface area (Å²) in [6, 6.07) is 15.5. The number of anilines is 3. The Morgan fingerprint density at radius 3 is 2.25 bits per heavy atom. The Morgan fingerprint density at radius 1 is 1.04 bits per heavy atom.